The largest absolute Gasteiger partial charge is 0.465 e. The summed E-state index contributed by atoms with van der Waals surface area (Å²) in [6, 6.07) is 13.1. The Bertz CT molecular complexity index is 1010. The van der Waals surface area contributed by atoms with Crippen molar-refractivity contribution in [3.8, 4) is 0 Å². The number of benzene rings is 1. The monoisotopic (exact) mass is 348 g/mol. The quantitative estimate of drug-likeness (QED) is 0.506. The van der Waals surface area contributed by atoms with Crippen LogP contribution in [0.1, 0.15) is 28.0 Å². The molecule has 0 saturated carbocycles. The highest BCUT2D eigenvalue weighted by molar-refractivity contribution is 6.03. The summed E-state index contributed by atoms with van der Waals surface area (Å²) in [6.45, 7) is 4.13. The van der Waals surface area contributed by atoms with Crippen molar-refractivity contribution in [2.24, 2.45) is 0 Å². The summed E-state index contributed by atoms with van der Waals surface area (Å²) in [4.78, 5) is 29.9. The average molecular weight is 348 g/mol. The van der Waals surface area contributed by atoms with E-state index in [9.17, 15) is 9.59 Å². The first-order valence-electron chi connectivity index (χ1n) is 8.41. The first kappa shape index (κ1) is 17.6. The molecule has 0 unspecified atom stereocenters. The van der Waals surface area contributed by atoms with E-state index in [1.165, 1.54) is 7.11 Å². The molecule has 0 aliphatic carbocycles. The first-order valence-corrected chi connectivity index (χ1v) is 8.41. The first-order chi connectivity index (χ1) is 12.7. The molecule has 0 aliphatic heterocycles. The lowest BCUT2D eigenvalue weighted by Gasteiger charge is -2.18. The summed E-state index contributed by atoms with van der Waals surface area (Å²) in [5, 5.41) is 0.409. The van der Waals surface area contributed by atoms with E-state index < -0.39 is 5.97 Å². The minimum Gasteiger partial charge on any atom is -0.465 e. The molecule has 1 aromatic carbocycles. The Morgan fingerprint density at radius 2 is 2.00 bits per heavy atom. The number of methoxy groups -OCH3 is 1. The summed E-state index contributed by atoms with van der Waals surface area (Å²) in [5.41, 5.74) is 2.17. The van der Waals surface area contributed by atoms with Gasteiger partial charge in [0, 0.05) is 11.9 Å². The maximum absolute atomic E-state index is 13.1. The van der Waals surface area contributed by atoms with Crippen LogP contribution in [0.2, 0.25) is 0 Å². The predicted molar refractivity (Wildman–Crippen MR) is 101 cm³/mol. The van der Waals surface area contributed by atoms with Crippen molar-refractivity contribution >= 4 is 16.9 Å². The maximum Gasteiger partial charge on any atom is 0.341 e. The SMILES string of the molecule is C=CCCc1c(C(=O)OC)c2ncccc2c(=O)n1Cc1ccccc1. The van der Waals surface area contributed by atoms with Gasteiger partial charge in [0.1, 0.15) is 5.56 Å². The number of hydrogen-bond acceptors (Lipinski definition) is 4. The fraction of sp³-hybridized carbons (Fsp3) is 0.190. The zero-order valence-electron chi connectivity index (χ0n) is 14.6. The summed E-state index contributed by atoms with van der Waals surface area (Å²) in [6.07, 6.45) is 4.48. The van der Waals surface area contributed by atoms with Crippen LogP contribution in [-0.2, 0) is 17.7 Å². The second-order valence-corrected chi connectivity index (χ2v) is 5.92. The van der Waals surface area contributed by atoms with E-state index in [4.69, 9.17) is 4.74 Å². The summed E-state index contributed by atoms with van der Waals surface area (Å²) < 4.78 is 6.64. The third-order valence-electron chi connectivity index (χ3n) is 4.29. The van der Waals surface area contributed by atoms with Crippen LogP contribution in [0, 0.1) is 0 Å². The van der Waals surface area contributed by atoms with Crippen LogP contribution in [0.15, 0.2) is 66.1 Å². The molecule has 3 aromatic rings. The van der Waals surface area contributed by atoms with E-state index in [0.29, 0.717) is 41.5 Å². The van der Waals surface area contributed by atoms with Gasteiger partial charge < -0.3 is 9.30 Å². The Morgan fingerprint density at radius 3 is 2.69 bits per heavy atom. The third kappa shape index (κ3) is 3.28. The summed E-state index contributed by atoms with van der Waals surface area (Å²) in [5.74, 6) is -0.491. The molecular formula is C21H20N2O3. The van der Waals surface area contributed by atoms with Crippen molar-refractivity contribution in [3.63, 3.8) is 0 Å². The van der Waals surface area contributed by atoms with Crippen LogP contribution in [0.25, 0.3) is 10.9 Å². The number of carbonyl (C=O) groups excluding carboxylic acids is 1. The molecule has 0 bridgehead atoms. The number of nitrogens with zero attached hydrogens (tertiary/aromatic N) is 2. The summed E-state index contributed by atoms with van der Waals surface area (Å²) in [7, 11) is 1.33. The minimum absolute atomic E-state index is 0.163. The normalized spacial score (nSPS) is 10.7. The van der Waals surface area contributed by atoms with Gasteiger partial charge >= 0.3 is 5.97 Å². The highest BCUT2D eigenvalue weighted by Crippen LogP contribution is 2.21. The molecule has 5 heteroatoms. The fourth-order valence-electron chi connectivity index (χ4n) is 3.07. The van der Waals surface area contributed by atoms with Crippen LogP contribution in [0.4, 0.5) is 0 Å². The van der Waals surface area contributed by atoms with E-state index in [0.717, 1.165) is 5.56 Å². The predicted octanol–water partition coefficient (Wildman–Crippen LogP) is 3.35. The topological polar surface area (TPSA) is 61.2 Å². The number of esters is 1. The van der Waals surface area contributed by atoms with Gasteiger partial charge in [-0.25, -0.2) is 4.79 Å². The minimum atomic E-state index is -0.491. The molecular weight excluding hydrogens is 328 g/mol. The lowest BCUT2D eigenvalue weighted by atomic mass is 10.0. The zero-order chi connectivity index (χ0) is 18.5. The standard InChI is InChI=1S/C21H20N2O3/c1-3-4-12-17-18(21(25)26-2)19-16(11-8-13-22-19)20(24)23(17)14-15-9-6-5-7-10-15/h3,5-11,13H,1,4,12,14H2,2H3. The Balaban J connectivity index is 2.33. The van der Waals surface area contributed by atoms with Crippen LogP contribution in [0.5, 0.6) is 0 Å². The van der Waals surface area contributed by atoms with Gasteiger partial charge in [-0.15, -0.1) is 6.58 Å². The molecule has 0 saturated heterocycles. The van der Waals surface area contributed by atoms with E-state index in [1.807, 2.05) is 30.3 Å². The number of aromatic nitrogens is 2. The van der Waals surface area contributed by atoms with Gasteiger partial charge in [-0.1, -0.05) is 36.4 Å². The fourth-order valence-corrected chi connectivity index (χ4v) is 3.07. The van der Waals surface area contributed by atoms with Gasteiger partial charge in [0.05, 0.1) is 24.6 Å². The van der Waals surface area contributed by atoms with Crippen molar-refractivity contribution in [2.75, 3.05) is 7.11 Å². The number of fused-ring (bicyclic) bond motifs is 1. The number of ether oxygens (including phenoxy) is 1. The molecule has 26 heavy (non-hydrogen) atoms. The Kier molecular flexibility index (Phi) is 5.27. The molecule has 0 amide bonds. The zero-order valence-corrected chi connectivity index (χ0v) is 14.6. The van der Waals surface area contributed by atoms with Gasteiger partial charge in [-0.05, 0) is 30.5 Å². The molecule has 0 spiro atoms. The van der Waals surface area contributed by atoms with Crippen molar-refractivity contribution in [1.29, 1.82) is 0 Å². The third-order valence-corrected chi connectivity index (χ3v) is 4.29. The molecule has 3 rings (SSSR count). The van der Waals surface area contributed by atoms with E-state index in [2.05, 4.69) is 11.6 Å². The molecule has 2 aromatic heterocycles. The number of hydrogen-bond donors (Lipinski definition) is 0. The van der Waals surface area contributed by atoms with Gasteiger partial charge in [0.15, 0.2) is 0 Å². The van der Waals surface area contributed by atoms with E-state index >= 15 is 0 Å². The van der Waals surface area contributed by atoms with Gasteiger partial charge in [-0.3, -0.25) is 9.78 Å². The molecule has 132 valence electrons. The average Bonchev–Trinajstić information content (AvgIpc) is 2.69. The van der Waals surface area contributed by atoms with Crippen molar-refractivity contribution in [1.82, 2.24) is 9.55 Å². The Morgan fingerprint density at radius 1 is 1.23 bits per heavy atom. The maximum atomic E-state index is 13.1. The van der Waals surface area contributed by atoms with Gasteiger partial charge in [-0.2, -0.15) is 0 Å². The van der Waals surface area contributed by atoms with Gasteiger partial charge in [0.2, 0.25) is 0 Å². The molecule has 0 atom stereocenters. The molecule has 0 N–H and O–H groups in total. The van der Waals surface area contributed by atoms with Crippen molar-refractivity contribution in [2.45, 2.75) is 19.4 Å². The van der Waals surface area contributed by atoms with E-state index in [-0.39, 0.29) is 5.56 Å². The number of carbonyl (C=O) groups is 1. The van der Waals surface area contributed by atoms with Gasteiger partial charge in [0.25, 0.3) is 5.56 Å². The Labute approximate surface area is 151 Å². The highest BCUT2D eigenvalue weighted by atomic mass is 16.5. The van der Waals surface area contributed by atoms with Crippen LogP contribution in [-0.4, -0.2) is 22.6 Å². The molecule has 5 nitrogen and oxygen atoms in total. The second kappa shape index (κ2) is 7.78. The lowest BCUT2D eigenvalue weighted by Crippen LogP contribution is -2.28. The molecule has 0 radical (unpaired) electrons. The van der Waals surface area contributed by atoms with Crippen LogP contribution >= 0.6 is 0 Å². The molecule has 0 fully saturated rings. The highest BCUT2D eigenvalue weighted by Gasteiger charge is 2.23. The van der Waals surface area contributed by atoms with Crippen LogP contribution < -0.4 is 5.56 Å². The van der Waals surface area contributed by atoms with Crippen molar-refractivity contribution in [3.05, 3.63) is 88.5 Å². The second-order valence-electron chi connectivity index (χ2n) is 5.92. The number of allylic oxidation sites excluding steroid dienone is 1. The van der Waals surface area contributed by atoms with Crippen molar-refractivity contribution < 1.29 is 9.53 Å². The molecule has 2 heterocycles. The lowest BCUT2D eigenvalue weighted by molar-refractivity contribution is 0.0600. The molecule has 0 aliphatic rings. The number of pyridine rings is 2. The smallest absolute Gasteiger partial charge is 0.341 e. The Hall–Kier alpha value is -3.21. The number of rotatable bonds is 6. The van der Waals surface area contributed by atoms with E-state index in [1.54, 1.807) is 29.0 Å². The van der Waals surface area contributed by atoms with Crippen LogP contribution in [0.3, 0.4) is 0 Å². The summed E-state index contributed by atoms with van der Waals surface area (Å²) >= 11 is 0.